The van der Waals surface area contributed by atoms with Crippen LogP contribution in [0, 0.1) is 5.92 Å². The third-order valence-electron chi connectivity index (χ3n) is 4.74. The number of nitrogens with one attached hydrogen (secondary N) is 1. The van der Waals surface area contributed by atoms with Gasteiger partial charge in [-0.25, -0.2) is 0 Å². The lowest BCUT2D eigenvalue weighted by molar-refractivity contribution is 0.00940. The lowest BCUT2D eigenvalue weighted by atomic mass is 9.80. The molecule has 1 aliphatic carbocycles. The van der Waals surface area contributed by atoms with Crippen molar-refractivity contribution >= 4 is 0 Å². The summed E-state index contributed by atoms with van der Waals surface area (Å²) in [5.41, 5.74) is 2.77. The Morgan fingerprint density at radius 3 is 2.60 bits per heavy atom. The lowest BCUT2D eigenvalue weighted by Crippen LogP contribution is -2.37. The van der Waals surface area contributed by atoms with E-state index in [0.717, 1.165) is 6.42 Å². The van der Waals surface area contributed by atoms with Gasteiger partial charge in [-0.1, -0.05) is 50.5 Å². The molecule has 2 nitrogen and oxygen atoms in total. The molecule has 0 saturated heterocycles. The monoisotopic (exact) mass is 275 g/mol. The van der Waals surface area contributed by atoms with Crippen LogP contribution in [-0.2, 0) is 11.2 Å². The van der Waals surface area contributed by atoms with E-state index in [0.29, 0.717) is 12.0 Å². The van der Waals surface area contributed by atoms with Gasteiger partial charge < -0.3 is 10.1 Å². The molecule has 0 heterocycles. The first-order valence-electron chi connectivity index (χ1n) is 8.09. The molecular formula is C18H29NO. The zero-order valence-electron chi connectivity index (χ0n) is 13.2. The molecule has 1 N–H and O–H groups in total. The van der Waals surface area contributed by atoms with Crippen molar-refractivity contribution in [2.24, 2.45) is 5.92 Å². The highest BCUT2D eigenvalue weighted by molar-refractivity contribution is 5.27. The largest absolute Gasteiger partial charge is 0.379 e. The zero-order valence-corrected chi connectivity index (χ0v) is 13.2. The molecule has 20 heavy (non-hydrogen) atoms. The first kappa shape index (κ1) is 15.5. The van der Waals surface area contributed by atoms with Crippen LogP contribution in [0.4, 0.5) is 0 Å². The van der Waals surface area contributed by atoms with E-state index < -0.39 is 0 Å². The van der Waals surface area contributed by atoms with Gasteiger partial charge in [-0.2, -0.15) is 0 Å². The molecule has 2 heteroatoms. The van der Waals surface area contributed by atoms with Crippen LogP contribution in [0.1, 0.15) is 56.2 Å². The Labute approximate surface area is 123 Å². The van der Waals surface area contributed by atoms with E-state index in [2.05, 4.69) is 43.6 Å². The summed E-state index contributed by atoms with van der Waals surface area (Å²) >= 11 is 0. The maximum Gasteiger partial charge on any atom is 0.0793 e. The van der Waals surface area contributed by atoms with Crippen molar-refractivity contribution in [1.29, 1.82) is 0 Å². The summed E-state index contributed by atoms with van der Waals surface area (Å²) in [4.78, 5) is 0. The van der Waals surface area contributed by atoms with Crippen LogP contribution >= 0.6 is 0 Å². The van der Waals surface area contributed by atoms with Crippen molar-refractivity contribution in [3.8, 4) is 0 Å². The van der Waals surface area contributed by atoms with Crippen LogP contribution in [0.15, 0.2) is 24.3 Å². The molecule has 0 aromatic heterocycles. The normalized spacial score (nSPS) is 19.8. The average molecular weight is 275 g/mol. The Morgan fingerprint density at radius 1 is 1.25 bits per heavy atom. The van der Waals surface area contributed by atoms with Crippen molar-refractivity contribution in [3.63, 3.8) is 0 Å². The summed E-state index contributed by atoms with van der Waals surface area (Å²) < 4.78 is 5.91. The number of hydrogen-bond acceptors (Lipinski definition) is 2. The molecule has 2 atom stereocenters. The predicted octanol–water partition coefficient (Wildman–Crippen LogP) is 4.10. The zero-order chi connectivity index (χ0) is 14.4. The van der Waals surface area contributed by atoms with E-state index in [4.69, 9.17) is 4.74 Å². The summed E-state index contributed by atoms with van der Waals surface area (Å²) in [6.45, 7) is 2.21. The van der Waals surface area contributed by atoms with Gasteiger partial charge in [0, 0.05) is 7.11 Å². The fourth-order valence-electron chi connectivity index (χ4n) is 3.59. The van der Waals surface area contributed by atoms with Gasteiger partial charge in [-0.3, -0.25) is 0 Å². The second-order valence-corrected chi connectivity index (χ2v) is 5.96. The molecule has 2 rings (SSSR count). The quantitative estimate of drug-likeness (QED) is 0.843. The van der Waals surface area contributed by atoms with E-state index in [9.17, 15) is 0 Å². The van der Waals surface area contributed by atoms with Crippen LogP contribution in [-0.4, -0.2) is 20.3 Å². The standard InChI is InChI=1S/C18H29NO/c1-4-14-9-8-12-16(13-14)17(19-2)18(20-3)15-10-6-5-7-11-15/h8-9,12-13,15,17-19H,4-7,10-11H2,1-3H3. The molecule has 1 saturated carbocycles. The minimum Gasteiger partial charge on any atom is -0.379 e. The number of rotatable bonds is 6. The number of benzene rings is 1. The molecule has 0 aliphatic heterocycles. The summed E-state index contributed by atoms with van der Waals surface area (Å²) in [5, 5.41) is 3.49. The van der Waals surface area contributed by atoms with Crippen LogP contribution in [0.3, 0.4) is 0 Å². The fourth-order valence-corrected chi connectivity index (χ4v) is 3.59. The number of aryl methyl sites for hydroxylation is 1. The second-order valence-electron chi connectivity index (χ2n) is 5.96. The van der Waals surface area contributed by atoms with Gasteiger partial charge in [-0.05, 0) is 43.4 Å². The molecule has 0 radical (unpaired) electrons. The topological polar surface area (TPSA) is 21.3 Å². The summed E-state index contributed by atoms with van der Waals surface area (Å²) in [6.07, 6.45) is 8.10. The lowest BCUT2D eigenvalue weighted by Gasteiger charge is -2.35. The van der Waals surface area contributed by atoms with Gasteiger partial charge in [0.1, 0.15) is 0 Å². The minimum atomic E-state index is 0.285. The molecule has 0 amide bonds. The fraction of sp³-hybridized carbons (Fsp3) is 0.667. The Balaban J connectivity index is 2.18. The Morgan fingerprint density at radius 2 is 2.00 bits per heavy atom. The number of likely N-dealkylation sites (N-methyl/N-ethyl adjacent to an activating group) is 1. The number of ether oxygens (including phenoxy) is 1. The van der Waals surface area contributed by atoms with Gasteiger partial charge in [0.2, 0.25) is 0 Å². The molecule has 1 aliphatic rings. The first-order valence-corrected chi connectivity index (χ1v) is 8.09. The minimum absolute atomic E-state index is 0.285. The van der Waals surface area contributed by atoms with Gasteiger partial charge in [0.25, 0.3) is 0 Å². The predicted molar refractivity (Wildman–Crippen MR) is 85.0 cm³/mol. The van der Waals surface area contributed by atoms with Gasteiger partial charge in [0.15, 0.2) is 0 Å². The van der Waals surface area contributed by atoms with Crippen LogP contribution in [0.5, 0.6) is 0 Å². The van der Waals surface area contributed by atoms with Gasteiger partial charge in [-0.15, -0.1) is 0 Å². The molecule has 1 aromatic carbocycles. The maximum atomic E-state index is 5.91. The Hall–Kier alpha value is -0.860. The third-order valence-corrected chi connectivity index (χ3v) is 4.74. The van der Waals surface area contributed by atoms with Crippen molar-refractivity contribution in [1.82, 2.24) is 5.32 Å². The maximum absolute atomic E-state index is 5.91. The SMILES string of the molecule is CCc1cccc(C(NC)C(OC)C2CCCCC2)c1. The van der Waals surface area contributed by atoms with Gasteiger partial charge >= 0.3 is 0 Å². The van der Waals surface area contributed by atoms with Gasteiger partial charge in [0.05, 0.1) is 12.1 Å². The van der Waals surface area contributed by atoms with Crippen LogP contribution < -0.4 is 5.32 Å². The highest BCUT2D eigenvalue weighted by atomic mass is 16.5. The molecule has 2 unspecified atom stereocenters. The Kier molecular flexibility index (Phi) is 6.06. The van der Waals surface area contributed by atoms with Crippen molar-refractivity contribution < 1.29 is 4.74 Å². The third kappa shape index (κ3) is 3.62. The summed E-state index contributed by atoms with van der Waals surface area (Å²) in [6, 6.07) is 9.24. The van der Waals surface area contributed by atoms with E-state index in [1.165, 1.54) is 43.2 Å². The average Bonchev–Trinajstić information content (AvgIpc) is 2.53. The van der Waals surface area contributed by atoms with Crippen molar-refractivity contribution in [2.45, 2.75) is 57.6 Å². The van der Waals surface area contributed by atoms with E-state index in [1.54, 1.807) is 0 Å². The van der Waals surface area contributed by atoms with Crippen LogP contribution in [0.2, 0.25) is 0 Å². The van der Waals surface area contributed by atoms with Crippen molar-refractivity contribution in [3.05, 3.63) is 35.4 Å². The molecule has 0 spiro atoms. The van der Waals surface area contributed by atoms with Crippen LogP contribution in [0.25, 0.3) is 0 Å². The first-order chi connectivity index (χ1) is 9.80. The molecule has 0 bridgehead atoms. The van der Waals surface area contributed by atoms with E-state index in [-0.39, 0.29) is 6.10 Å². The smallest absolute Gasteiger partial charge is 0.0793 e. The van der Waals surface area contributed by atoms with E-state index in [1.807, 2.05) is 7.11 Å². The highest BCUT2D eigenvalue weighted by Crippen LogP contribution is 2.34. The molecular weight excluding hydrogens is 246 g/mol. The number of methoxy groups -OCH3 is 1. The summed E-state index contributed by atoms with van der Waals surface area (Å²) in [7, 11) is 3.92. The molecule has 1 aromatic rings. The highest BCUT2D eigenvalue weighted by Gasteiger charge is 2.30. The summed E-state index contributed by atoms with van der Waals surface area (Å²) in [5.74, 6) is 0.691. The molecule has 1 fully saturated rings. The second kappa shape index (κ2) is 7.80. The van der Waals surface area contributed by atoms with Crippen molar-refractivity contribution in [2.75, 3.05) is 14.2 Å². The molecule has 112 valence electrons. The Bertz CT molecular complexity index is 398. The number of hydrogen-bond donors (Lipinski definition) is 1. The van der Waals surface area contributed by atoms with E-state index >= 15 is 0 Å².